The highest BCUT2D eigenvalue weighted by atomic mass is 35.5. The zero-order valence-corrected chi connectivity index (χ0v) is 12.9. The average molecular weight is 334 g/mol. The van der Waals surface area contributed by atoms with Gasteiger partial charge in [0, 0.05) is 12.4 Å². The van der Waals surface area contributed by atoms with E-state index < -0.39 is 5.91 Å². The molecule has 8 heteroatoms. The highest BCUT2D eigenvalue weighted by Gasteiger charge is 2.22. The Kier molecular flexibility index (Phi) is 3.86. The Labute approximate surface area is 130 Å². The van der Waals surface area contributed by atoms with Crippen LogP contribution in [0.1, 0.15) is 16.1 Å². The van der Waals surface area contributed by atoms with Gasteiger partial charge >= 0.3 is 0 Å². The van der Waals surface area contributed by atoms with E-state index in [0.717, 1.165) is 0 Å². The topological polar surface area (TPSA) is 86.4 Å². The van der Waals surface area contributed by atoms with Crippen LogP contribution in [0.2, 0.25) is 15.1 Å². The van der Waals surface area contributed by atoms with E-state index in [4.69, 9.17) is 46.3 Å². The number of carbonyl (C=O) groups is 1. The lowest BCUT2D eigenvalue weighted by Crippen LogP contribution is -2.24. The van der Waals surface area contributed by atoms with E-state index in [1.165, 1.54) is 0 Å². The number of hydrogen-bond acceptors (Lipinski definition) is 1. The van der Waals surface area contributed by atoms with Crippen LogP contribution in [0.15, 0.2) is 11.1 Å². The summed E-state index contributed by atoms with van der Waals surface area (Å²) >= 11 is 18.2. The van der Waals surface area contributed by atoms with Crippen molar-refractivity contribution in [2.75, 3.05) is 0 Å². The fourth-order valence-electron chi connectivity index (χ4n) is 2.17. The molecule has 5 nitrogen and oxygen atoms in total. The molecule has 2 rings (SSSR count). The molecule has 0 radical (unpaired) electrons. The van der Waals surface area contributed by atoms with Crippen LogP contribution < -0.4 is 11.5 Å². The number of aliphatic imine (C=N–C) groups is 1. The Morgan fingerprint density at radius 2 is 1.85 bits per heavy atom. The first kappa shape index (κ1) is 15.0. The van der Waals surface area contributed by atoms with E-state index in [-0.39, 0.29) is 11.0 Å². The summed E-state index contributed by atoms with van der Waals surface area (Å²) in [7, 11) is 1.70. The van der Waals surface area contributed by atoms with Crippen molar-refractivity contribution in [2.24, 2.45) is 23.5 Å². The van der Waals surface area contributed by atoms with E-state index in [1.54, 1.807) is 24.6 Å². The van der Waals surface area contributed by atoms with Gasteiger partial charge in [0.05, 0.1) is 20.6 Å². The third-order valence-corrected chi connectivity index (χ3v) is 4.26. The molecule has 20 heavy (non-hydrogen) atoms. The predicted octanol–water partition coefficient (Wildman–Crippen LogP) is 2.86. The van der Waals surface area contributed by atoms with Crippen LogP contribution in [0.5, 0.6) is 0 Å². The molecule has 0 atom stereocenters. The number of fused-ring (bicyclic) bond motifs is 1. The molecule has 0 bridgehead atoms. The number of aryl methyl sites for hydroxylation is 2. The van der Waals surface area contributed by atoms with Crippen LogP contribution in [-0.2, 0) is 7.05 Å². The summed E-state index contributed by atoms with van der Waals surface area (Å²) in [5.74, 6) is -0.855. The van der Waals surface area contributed by atoms with Gasteiger partial charge in [-0.15, -0.1) is 0 Å². The van der Waals surface area contributed by atoms with Crippen molar-refractivity contribution < 1.29 is 4.79 Å². The minimum Gasteiger partial charge on any atom is -0.370 e. The van der Waals surface area contributed by atoms with Crippen molar-refractivity contribution in [3.63, 3.8) is 0 Å². The molecule has 1 aromatic heterocycles. The number of halogens is 3. The zero-order valence-electron chi connectivity index (χ0n) is 10.7. The summed E-state index contributed by atoms with van der Waals surface area (Å²) in [5, 5.41) is 1.50. The van der Waals surface area contributed by atoms with Gasteiger partial charge in [-0.1, -0.05) is 34.8 Å². The maximum Gasteiger partial charge on any atom is 0.297 e. The van der Waals surface area contributed by atoms with Gasteiger partial charge in [-0.2, -0.15) is 4.99 Å². The molecule has 0 saturated heterocycles. The smallest absolute Gasteiger partial charge is 0.297 e. The molecule has 0 aliphatic rings. The van der Waals surface area contributed by atoms with Crippen molar-refractivity contribution in [3.05, 3.63) is 32.4 Å². The summed E-state index contributed by atoms with van der Waals surface area (Å²) in [6, 6.07) is 1.64. The van der Waals surface area contributed by atoms with Crippen molar-refractivity contribution >= 4 is 57.6 Å². The maximum absolute atomic E-state index is 12.1. The second kappa shape index (κ2) is 5.16. The molecule has 0 aliphatic carbocycles. The maximum atomic E-state index is 12.1. The molecule has 106 valence electrons. The van der Waals surface area contributed by atoms with Crippen molar-refractivity contribution in [2.45, 2.75) is 6.92 Å². The molecule has 0 spiro atoms. The minimum atomic E-state index is -0.551. The van der Waals surface area contributed by atoms with E-state index in [0.29, 0.717) is 32.2 Å². The third kappa shape index (κ3) is 2.22. The van der Waals surface area contributed by atoms with E-state index >= 15 is 0 Å². The number of benzene rings is 1. The molecule has 2 aromatic rings. The van der Waals surface area contributed by atoms with Gasteiger partial charge in [0.1, 0.15) is 5.69 Å². The van der Waals surface area contributed by atoms with Crippen LogP contribution in [-0.4, -0.2) is 16.4 Å². The molecular formula is C12H11Cl3N4O. The van der Waals surface area contributed by atoms with Crippen LogP contribution >= 0.6 is 34.8 Å². The lowest BCUT2D eigenvalue weighted by molar-refractivity contribution is 0.0995. The Hall–Kier alpha value is -1.43. The first-order valence-electron chi connectivity index (χ1n) is 5.52. The molecule has 0 aliphatic heterocycles. The van der Waals surface area contributed by atoms with Gasteiger partial charge in [-0.05, 0) is 18.6 Å². The molecule has 0 fully saturated rings. The molecule has 0 saturated carbocycles. The zero-order chi connectivity index (χ0) is 15.2. The van der Waals surface area contributed by atoms with Gasteiger partial charge in [0.25, 0.3) is 5.91 Å². The number of hydrogen-bond donors (Lipinski definition) is 2. The van der Waals surface area contributed by atoms with Gasteiger partial charge in [0.2, 0.25) is 0 Å². The molecule has 1 amide bonds. The molecule has 1 heterocycles. The Bertz CT molecular complexity index is 760. The monoisotopic (exact) mass is 332 g/mol. The lowest BCUT2D eigenvalue weighted by atomic mass is 10.1. The molecule has 4 N–H and O–H groups in total. The highest BCUT2D eigenvalue weighted by Crippen LogP contribution is 2.40. The molecule has 0 unspecified atom stereocenters. The fourth-order valence-corrected chi connectivity index (χ4v) is 2.90. The molecule has 1 aromatic carbocycles. The van der Waals surface area contributed by atoms with E-state index in [9.17, 15) is 4.79 Å². The largest absolute Gasteiger partial charge is 0.370 e. The van der Waals surface area contributed by atoms with Gasteiger partial charge in [-0.25, -0.2) is 0 Å². The Balaban J connectivity index is 2.86. The van der Waals surface area contributed by atoms with Crippen molar-refractivity contribution in [3.8, 4) is 0 Å². The normalized spacial score (nSPS) is 10.8. The van der Waals surface area contributed by atoms with E-state index in [2.05, 4.69) is 4.99 Å². The summed E-state index contributed by atoms with van der Waals surface area (Å²) < 4.78 is 1.63. The summed E-state index contributed by atoms with van der Waals surface area (Å²) in [6.07, 6.45) is 0. The minimum absolute atomic E-state index is 0.246. The fraction of sp³-hybridized carbons (Fsp3) is 0.167. The standard InChI is InChI=1S/C12H11Cl3N4O/c1-4-7-6(3-5(13)8(14)9(7)15)19(2)10(4)11(20)18-12(16)17/h3H,1-2H3,(H4,16,17,18,20). The highest BCUT2D eigenvalue weighted by molar-refractivity contribution is 6.50. The van der Waals surface area contributed by atoms with Crippen molar-refractivity contribution in [1.82, 2.24) is 4.57 Å². The number of aromatic nitrogens is 1. The summed E-state index contributed by atoms with van der Waals surface area (Å²) in [4.78, 5) is 15.6. The third-order valence-electron chi connectivity index (χ3n) is 3.00. The van der Waals surface area contributed by atoms with E-state index in [1.807, 2.05) is 0 Å². The van der Waals surface area contributed by atoms with Gasteiger partial charge in [0.15, 0.2) is 5.96 Å². The van der Waals surface area contributed by atoms with Gasteiger partial charge in [-0.3, -0.25) is 4.79 Å². The second-order valence-electron chi connectivity index (χ2n) is 4.25. The number of guanidine groups is 1. The number of nitrogens with zero attached hydrogens (tertiary/aromatic N) is 2. The summed E-state index contributed by atoms with van der Waals surface area (Å²) in [5.41, 5.74) is 12.1. The quantitative estimate of drug-likeness (QED) is 0.478. The number of amides is 1. The van der Waals surface area contributed by atoms with Crippen molar-refractivity contribution in [1.29, 1.82) is 0 Å². The predicted molar refractivity (Wildman–Crippen MR) is 82.8 cm³/mol. The molecular weight excluding hydrogens is 323 g/mol. The number of nitrogens with two attached hydrogens (primary N) is 2. The first-order valence-corrected chi connectivity index (χ1v) is 6.65. The average Bonchev–Trinajstić information content (AvgIpc) is 2.57. The summed E-state index contributed by atoms with van der Waals surface area (Å²) in [6.45, 7) is 1.74. The van der Waals surface area contributed by atoms with Crippen LogP contribution in [0.25, 0.3) is 10.9 Å². The van der Waals surface area contributed by atoms with Crippen LogP contribution in [0, 0.1) is 6.92 Å². The lowest BCUT2D eigenvalue weighted by Gasteiger charge is -2.03. The van der Waals surface area contributed by atoms with Crippen LogP contribution in [0.3, 0.4) is 0 Å². The SMILES string of the molecule is Cc1c(C(=O)N=C(N)N)n(C)c2cc(Cl)c(Cl)c(Cl)c12. The number of carbonyl (C=O) groups excluding carboxylic acids is 1. The first-order chi connectivity index (χ1) is 9.25. The number of rotatable bonds is 1. The van der Waals surface area contributed by atoms with Crippen LogP contribution in [0.4, 0.5) is 0 Å². The second-order valence-corrected chi connectivity index (χ2v) is 5.42. The van der Waals surface area contributed by atoms with Gasteiger partial charge < -0.3 is 16.0 Å². The Morgan fingerprint density at radius 1 is 1.25 bits per heavy atom. The Morgan fingerprint density at radius 3 is 2.40 bits per heavy atom.